The first-order valence-electron chi connectivity index (χ1n) is 10.7. The zero-order chi connectivity index (χ0) is 24.9. The van der Waals surface area contributed by atoms with Crippen LogP contribution in [0.25, 0.3) is 0 Å². The fourth-order valence-corrected chi connectivity index (χ4v) is 4.48. The topological polar surface area (TPSA) is 104 Å². The van der Waals surface area contributed by atoms with E-state index in [1.807, 2.05) is 0 Å². The summed E-state index contributed by atoms with van der Waals surface area (Å²) in [5.74, 6) is -2.60. The zero-order valence-electron chi connectivity index (χ0n) is 18.3. The second-order valence-corrected chi connectivity index (χ2v) is 9.40. The molecule has 0 atom stereocenters. The lowest BCUT2D eigenvalue weighted by Gasteiger charge is -2.31. The minimum absolute atomic E-state index is 0.00851. The first-order chi connectivity index (χ1) is 16.8. The Bertz CT molecular complexity index is 1250. The molecule has 2 aromatic carbocycles. The van der Waals surface area contributed by atoms with Crippen LogP contribution in [-0.2, 0) is 4.79 Å². The molecule has 35 heavy (non-hydrogen) atoms. The number of carbonyl (C=O) groups is 3. The Morgan fingerprint density at radius 3 is 2.40 bits per heavy atom. The second kappa shape index (κ2) is 10.9. The van der Waals surface area contributed by atoms with Crippen LogP contribution in [0.15, 0.2) is 42.5 Å². The van der Waals surface area contributed by atoms with Crippen molar-refractivity contribution in [2.24, 2.45) is 5.92 Å². The molecule has 12 heteroatoms. The number of nitrogens with one attached hydrogen (secondary N) is 2. The van der Waals surface area contributed by atoms with Gasteiger partial charge in [-0.3, -0.25) is 14.4 Å². The quantitative estimate of drug-likeness (QED) is 0.495. The molecule has 0 unspecified atom stereocenters. The van der Waals surface area contributed by atoms with Gasteiger partial charge in [0.25, 0.3) is 11.8 Å². The molecule has 1 saturated heterocycles. The molecule has 4 rings (SSSR count). The minimum atomic E-state index is -0.710. The van der Waals surface area contributed by atoms with Crippen molar-refractivity contribution in [3.63, 3.8) is 0 Å². The number of rotatable bonds is 6. The van der Waals surface area contributed by atoms with Gasteiger partial charge in [0.1, 0.15) is 11.6 Å². The Morgan fingerprint density at radius 2 is 1.69 bits per heavy atom. The maximum atomic E-state index is 13.7. The fraction of sp³-hybridized carbons (Fsp3) is 0.261. The second-order valence-electron chi connectivity index (χ2n) is 7.99. The number of piperidine rings is 1. The Morgan fingerprint density at radius 1 is 1.00 bits per heavy atom. The van der Waals surface area contributed by atoms with E-state index < -0.39 is 23.4 Å². The van der Waals surface area contributed by atoms with Crippen molar-refractivity contribution in [2.75, 3.05) is 23.7 Å². The smallest absolute Gasteiger partial charge is 0.286 e. The summed E-state index contributed by atoms with van der Waals surface area (Å²) in [6.45, 7) is 0.800. The van der Waals surface area contributed by atoms with Crippen molar-refractivity contribution in [2.45, 2.75) is 19.3 Å². The summed E-state index contributed by atoms with van der Waals surface area (Å²) in [4.78, 5) is 39.0. The molecular weight excluding hydrogens is 500 g/mol. The van der Waals surface area contributed by atoms with E-state index in [9.17, 15) is 23.2 Å². The van der Waals surface area contributed by atoms with Crippen LogP contribution >= 0.6 is 22.9 Å². The monoisotopic (exact) mass is 519 g/mol. The van der Waals surface area contributed by atoms with E-state index >= 15 is 0 Å². The molecule has 3 amide bonds. The first-order valence-corrected chi connectivity index (χ1v) is 11.9. The standard InChI is InChI=1S/C23H20ClF2N5O3S/c24-14-1-4-16(5-2-14)27-20(33)21-29-30-22(35-21)23(34)31-9-7-13(8-10-31)11-19(32)28-18-12-15(25)3-6-17(18)26/h1-6,12-13H,7-11H2,(H,27,33)(H,28,32). The van der Waals surface area contributed by atoms with E-state index in [1.165, 1.54) is 0 Å². The molecule has 1 aliphatic rings. The number of halogens is 3. The van der Waals surface area contributed by atoms with Crippen molar-refractivity contribution < 1.29 is 23.2 Å². The number of hydrogen-bond donors (Lipinski definition) is 2. The van der Waals surface area contributed by atoms with Gasteiger partial charge in [0.15, 0.2) is 0 Å². The molecule has 0 spiro atoms. The van der Waals surface area contributed by atoms with Crippen molar-refractivity contribution in [1.82, 2.24) is 15.1 Å². The Balaban J connectivity index is 1.27. The van der Waals surface area contributed by atoms with E-state index in [0.29, 0.717) is 36.6 Å². The van der Waals surface area contributed by atoms with E-state index in [2.05, 4.69) is 20.8 Å². The van der Waals surface area contributed by atoms with Crippen molar-refractivity contribution in [3.8, 4) is 0 Å². The number of aromatic nitrogens is 2. The van der Waals surface area contributed by atoms with Gasteiger partial charge in [0.2, 0.25) is 15.9 Å². The Hall–Kier alpha value is -3.44. The van der Waals surface area contributed by atoms with Crippen LogP contribution in [-0.4, -0.2) is 45.9 Å². The van der Waals surface area contributed by atoms with Gasteiger partial charge in [0.05, 0.1) is 5.69 Å². The Kier molecular flexibility index (Phi) is 7.67. The number of anilines is 2. The predicted octanol–water partition coefficient (Wildman–Crippen LogP) is 4.60. The Labute approximate surface area is 208 Å². The largest absolute Gasteiger partial charge is 0.337 e. The van der Waals surface area contributed by atoms with Gasteiger partial charge in [-0.05, 0) is 55.2 Å². The number of nitrogens with zero attached hydrogens (tertiary/aromatic N) is 3. The lowest BCUT2D eigenvalue weighted by Crippen LogP contribution is -2.39. The summed E-state index contributed by atoms with van der Waals surface area (Å²) in [7, 11) is 0. The van der Waals surface area contributed by atoms with Crippen LogP contribution in [0.3, 0.4) is 0 Å². The van der Waals surface area contributed by atoms with Crippen LogP contribution < -0.4 is 10.6 Å². The van der Waals surface area contributed by atoms with E-state index in [0.717, 1.165) is 29.5 Å². The lowest BCUT2D eigenvalue weighted by atomic mass is 9.93. The van der Waals surface area contributed by atoms with Crippen LogP contribution in [0.2, 0.25) is 5.02 Å². The SMILES string of the molecule is O=C(CC1CCN(C(=O)c2nnc(C(=O)Nc3ccc(Cl)cc3)s2)CC1)Nc1cc(F)ccc1F. The van der Waals surface area contributed by atoms with Gasteiger partial charge < -0.3 is 15.5 Å². The molecule has 1 aromatic heterocycles. The third-order valence-corrected chi connectivity index (χ3v) is 6.64. The summed E-state index contributed by atoms with van der Waals surface area (Å²) in [5, 5.41) is 13.4. The molecule has 2 N–H and O–H groups in total. The number of likely N-dealkylation sites (tertiary alicyclic amines) is 1. The molecule has 0 radical (unpaired) electrons. The summed E-state index contributed by atoms with van der Waals surface area (Å²) in [6, 6.07) is 9.43. The molecule has 3 aromatic rings. The number of carbonyl (C=O) groups excluding carboxylic acids is 3. The van der Waals surface area contributed by atoms with E-state index in [-0.39, 0.29) is 33.9 Å². The lowest BCUT2D eigenvalue weighted by molar-refractivity contribution is -0.117. The molecule has 1 fully saturated rings. The summed E-state index contributed by atoms with van der Waals surface area (Å²) < 4.78 is 27.0. The normalized spacial score (nSPS) is 14.0. The highest BCUT2D eigenvalue weighted by atomic mass is 35.5. The third kappa shape index (κ3) is 6.37. The number of hydrogen-bond acceptors (Lipinski definition) is 6. The van der Waals surface area contributed by atoms with Crippen molar-refractivity contribution in [1.29, 1.82) is 0 Å². The summed E-state index contributed by atoms with van der Waals surface area (Å²) in [6.07, 6.45) is 1.26. The van der Waals surface area contributed by atoms with Crippen LogP contribution in [0.4, 0.5) is 20.2 Å². The molecular formula is C23H20ClF2N5O3S. The van der Waals surface area contributed by atoms with Crippen molar-refractivity contribution in [3.05, 3.63) is 69.1 Å². The maximum absolute atomic E-state index is 13.7. The third-order valence-electron chi connectivity index (χ3n) is 5.48. The van der Waals surface area contributed by atoms with Gasteiger partial charge in [0, 0.05) is 36.3 Å². The van der Waals surface area contributed by atoms with Crippen molar-refractivity contribution >= 4 is 52.0 Å². The molecule has 8 nitrogen and oxygen atoms in total. The highest BCUT2D eigenvalue weighted by Gasteiger charge is 2.28. The molecule has 2 heterocycles. The number of amides is 3. The average Bonchev–Trinajstić information content (AvgIpc) is 3.33. The van der Waals surface area contributed by atoms with Crippen LogP contribution in [0, 0.1) is 17.6 Å². The average molecular weight is 520 g/mol. The maximum Gasteiger partial charge on any atom is 0.286 e. The van der Waals surface area contributed by atoms with Gasteiger partial charge >= 0.3 is 0 Å². The highest BCUT2D eigenvalue weighted by Crippen LogP contribution is 2.24. The van der Waals surface area contributed by atoms with Crippen LogP contribution in [0.1, 0.15) is 38.9 Å². The van der Waals surface area contributed by atoms with Gasteiger partial charge in [-0.25, -0.2) is 8.78 Å². The predicted molar refractivity (Wildman–Crippen MR) is 128 cm³/mol. The van der Waals surface area contributed by atoms with E-state index in [1.54, 1.807) is 29.2 Å². The zero-order valence-corrected chi connectivity index (χ0v) is 19.8. The molecule has 0 bridgehead atoms. The molecule has 182 valence electrons. The summed E-state index contributed by atoms with van der Waals surface area (Å²) in [5.41, 5.74) is 0.337. The van der Waals surface area contributed by atoms with Gasteiger partial charge in [-0.15, -0.1) is 10.2 Å². The highest BCUT2D eigenvalue weighted by molar-refractivity contribution is 7.15. The van der Waals surface area contributed by atoms with Gasteiger partial charge in [-0.2, -0.15) is 0 Å². The first kappa shape index (κ1) is 24.7. The molecule has 0 aliphatic carbocycles. The summed E-state index contributed by atoms with van der Waals surface area (Å²) >= 11 is 6.73. The van der Waals surface area contributed by atoms with Gasteiger partial charge in [-0.1, -0.05) is 22.9 Å². The minimum Gasteiger partial charge on any atom is -0.337 e. The fourth-order valence-electron chi connectivity index (χ4n) is 3.65. The number of benzene rings is 2. The van der Waals surface area contributed by atoms with E-state index in [4.69, 9.17) is 11.6 Å². The molecule has 1 aliphatic heterocycles. The molecule has 0 saturated carbocycles. The van der Waals surface area contributed by atoms with Crippen LogP contribution in [0.5, 0.6) is 0 Å².